The summed E-state index contributed by atoms with van der Waals surface area (Å²) in [5.41, 5.74) is 0.693. The van der Waals surface area contributed by atoms with Crippen LogP contribution < -0.4 is 5.32 Å². The second kappa shape index (κ2) is 8.22. The Morgan fingerprint density at radius 2 is 1.72 bits per heavy atom. The lowest BCUT2D eigenvalue weighted by atomic mass is 10.2. The number of nitrogens with one attached hydrogen (secondary N) is 1. The van der Waals surface area contributed by atoms with Crippen LogP contribution in [0.3, 0.4) is 0 Å². The van der Waals surface area contributed by atoms with Gasteiger partial charge in [0.25, 0.3) is 0 Å². The Bertz CT molecular complexity index is 556. The highest BCUT2D eigenvalue weighted by atomic mass is 28.4. The Morgan fingerprint density at radius 3 is 2.20 bits per heavy atom. The SMILES string of the molecule is CC(C)(C)[Si](C)(C)OC[C@@H](NC(=O)OCc1ccccc1)C(F)(F)F. The number of alkyl carbamates (subject to hydrolysis) is 1. The minimum atomic E-state index is -4.62. The molecule has 0 aliphatic rings. The lowest BCUT2D eigenvalue weighted by Crippen LogP contribution is -2.52. The van der Waals surface area contributed by atoms with Crippen molar-refractivity contribution in [2.24, 2.45) is 0 Å². The third-order valence-electron chi connectivity index (χ3n) is 4.32. The lowest BCUT2D eigenvalue weighted by Gasteiger charge is -2.37. The fourth-order valence-electron chi connectivity index (χ4n) is 1.63. The first-order valence-electron chi connectivity index (χ1n) is 8.01. The van der Waals surface area contributed by atoms with Crippen molar-refractivity contribution in [1.82, 2.24) is 5.32 Å². The van der Waals surface area contributed by atoms with Gasteiger partial charge in [-0.15, -0.1) is 0 Å². The van der Waals surface area contributed by atoms with Gasteiger partial charge in [-0.05, 0) is 23.7 Å². The topological polar surface area (TPSA) is 47.6 Å². The van der Waals surface area contributed by atoms with Crippen molar-refractivity contribution in [2.45, 2.75) is 57.7 Å². The first-order chi connectivity index (χ1) is 11.3. The highest BCUT2D eigenvalue weighted by molar-refractivity contribution is 6.74. The van der Waals surface area contributed by atoms with Gasteiger partial charge in [-0.1, -0.05) is 51.1 Å². The average molecular weight is 377 g/mol. The quantitative estimate of drug-likeness (QED) is 0.720. The Morgan fingerprint density at radius 1 is 1.16 bits per heavy atom. The summed E-state index contributed by atoms with van der Waals surface area (Å²) in [6, 6.07) is 6.63. The van der Waals surface area contributed by atoms with Crippen molar-refractivity contribution in [3.8, 4) is 0 Å². The zero-order chi connectivity index (χ0) is 19.3. The van der Waals surface area contributed by atoms with Crippen LogP contribution in [0.4, 0.5) is 18.0 Å². The second-order valence-electron chi connectivity index (χ2n) is 7.37. The molecule has 0 bridgehead atoms. The highest BCUT2D eigenvalue weighted by Crippen LogP contribution is 2.37. The highest BCUT2D eigenvalue weighted by Gasteiger charge is 2.44. The van der Waals surface area contributed by atoms with E-state index in [2.05, 4.69) is 0 Å². The molecule has 0 heterocycles. The van der Waals surface area contributed by atoms with Crippen LogP contribution in [0.5, 0.6) is 0 Å². The van der Waals surface area contributed by atoms with Crippen LogP contribution in [-0.2, 0) is 15.8 Å². The third kappa shape index (κ3) is 7.07. The molecule has 142 valence electrons. The molecule has 0 saturated carbocycles. The van der Waals surface area contributed by atoms with E-state index < -0.39 is 33.2 Å². The summed E-state index contributed by atoms with van der Waals surface area (Å²) in [7, 11) is -2.36. The minimum Gasteiger partial charge on any atom is -0.445 e. The number of ether oxygens (including phenoxy) is 1. The van der Waals surface area contributed by atoms with Gasteiger partial charge in [0, 0.05) is 0 Å². The first kappa shape index (κ1) is 21.5. The van der Waals surface area contributed by atoms with Crippen LogP contribution in [0.15, 0.2) is 30.3 Å². The average Bonchev–Trinajstić information content (AvgIpc) is 2.48. The molecular formula is C17H26F3NO3Si. The zero-order valence-corrected chi connectivity index (χ0v) is 16.2. The van der Waals surface area contributed by atoms with Crippen LogP contribution in [0.2, 0.25) is 18.1 Å². The molecule has 0 radical (unpaired) electrons. The standard InChI is InChI=1S/C17H26F3NO3Si/c1-16(2,3)25(4,5)24-12-14(17(18,19)20)21-15(22)23-11-13-9-7-6-8-10-13/h6-10,14H,11-12H2,1-5H3,(H,21,22)/t14-/m1/s1. The lowest BCUT2D eigenvalue weighted by molar-refractivity contribution is -0.161. The first-order valence-corrected chi connectivity index (χ1v) is 10.9. The van der Waals surface area contributed by atoms with Crippen LogP contribution in [0.1, 0.15) is 26.3 Å². The molecule has 4 nitrogen and oxygen atoms in total. The number of rotatable bonds is 6. The third-order valence-corrected chi connectivity index (χ3v) is 8.82. The van der Waals surface area contributed by atoms with E-state index in [4.69, 9.17) is 9.16 Å². The molecule has 1 amide bonds. The normalized spacial score (nSPS) is 14.1. The van der Waals surface area contributed by atoms with E-state index in [1.807, 2.05) is 39.2 Å². The molecule has 0 fully saturated rings. The molecule has 0 aliphatic carbocycles. The van der Waals surface area contributed by atoms with Crippen molar-refractivity contribution < 1.29 is 27.1 Å². The number of hydrogen-bond donors (Lipinski definition) is 1. The molecule has 0 unspecified atom stereocenters. The summed E-state index contributed by atoms with van der Waals surface area (Å²) >= 11 is 0. The van der Waals surface area contributed by atoms with E-state index in [9.17, 15) is 18.0 Å². The maximum absolute atomic E-state index is 13.2. The van der Waals surface area contributed by atoms with Gasteiger partial charge in [0.1, 0.15) is 12.6 Å². The van der Waals surface area contributed by atoms with Gasteiger partial charge in [-0.25, -0.2) is 4.79 Å². The molecule has 1 aromatic rings. The maximum atomic E-state index is 13.2. The van der Waals surface area contributed by atoms with Crippen LogP contribution >= 0.6 is 0 Å². The van der Waals surface area contributed by atoms with Gasteiger partial charge in [-0.2, -0.15) is 13.2 Å². The predicted molar refractivity (Wildman–Crippen MR) is 92.8 cm³/mol. The van der Waals surface area contributed by atoms with E-state index in [0.717, 1.165) is 0 Å². The fourth-order valence-corrected chi connectivity index (χ4v) is 2.65. The largest absolute Gasteiger partial charge is 0.445 e. The van der Waals surface area contributed by atoms with Crippen molar-refractivity contribution in [3.63, 3.8) is 0 Å². The molecule has 1 atom stereocenters. The Hall–Kier alpha value is -1.54. The van der Waals surface area contributed by atoms with Gasteiger partial charge >= 0.3 is 12.3 Å². The number of alkyl halides is 3. The molecule has 0 aliphatic heterocycles. The Labute approximate surface area is 147 Å². The maximum Gasteiger partial charge on any atom is 0.410 e. The van der Waals surface area contributed by atoms with Crippen molar-refractivity contribution >= 4 is 14.4 Å². The van der Waals surface area contributed by atoms with E-state index in [1.165, 1.54) is 0 Å². The molecule has 0 aromatic heterocycles. The number of carbonyl (C=O) groups excluding carboxylic acids is 1. The van der Waals surface area contributed by atoms with Crippen molar-refractivity contribution in [3.05, 3.63) is 35.9 Å². The minimum absolute atomic E-state index is 0.0969. The molecular weight excluding hydrogens is 351 g/mol. The molecule has 25 heavy (non-hydrogen) atoms. The van der Waals surface area contributed by atoms with Gasteiger partial charge in [0.15, 0.2) is 8.32 Å². The zero-order valence-electron chi connectivity index (χ0n) is 15.2. The van der Waals surface area contributed by atoms with Crippen LogP contribution in [0, 0.1) is 0 Å². The second-order valence-corrected chi connectivity index (χ2v) is 12.2. The summed E-state index contributed by atoms with van der Waals surface area (Å²) in [6.07, 6.45) is -5.74. The molecule has 0 saturated heterocycles. The molecule has 1 N–H and O–H groups in total. The summed E-state index contributed by atoms with van der Waals surface area (Å²) in [6.45, 7) is 8.79. The van der Waals surface area contributed by atoms with Crippen molar-refractivity contribution in [1.29, 1.82) is 0 Å². The van der Waals surface area contributed by atoms with Gasteiger partial charge in [-0.3, -0.25) is 0 Å². The summed E-state index contributed by atoms with van der Waals surface area (Å²) in [5.74, 6) is 0. The Balaban J connectivity index is 2.63. The summed E-state index contributed by atoms with van der Waals surface area (Å²) < 4.78 is 50.0. The Kier molecular flexibility index (Phi) is 7.07. The summed E-state index contributed by atoms with van der Waals surface area (Å²) in [5, 5.41) is 1.64. The number of hydrogen-bond acceptors (Lipinski definition) is 3. The fraction of sp³-hybridized carbons (Fsp3) is 0.588. The van der Waals surface area contributed by atoms with E-state index in [1.54, 1.807) is 30.3 Å². The van der Waals surface area contributed by atoms with Gasteiger partial charge in [0.2, 0.25) is 0 Å². The van der Waals surface area contributed by atoms with Crippen molar-refractivity contribution in [2.75, 3.05) is 6.61 Å². The number of amides is 1. The summed E-state index contributed by atoms with van der Waals surface area (Å²) in [4.78, 5) is 11.7. The van der Waals surface area contributed by atoms with E-state index >= 15 is 0 Å². The number of halogens is 3. The van der Waals surface area contributed by atoms with Gasteiger partial charge in [0.05, 0.1) is 6.61 Å². The van der Waals surface area contributed by atoms with E-state index in [0.29, 0.717) is 5.56 Å². The smallest absolute Gasteiger partial charge is 0.410 e. The molecule has 8 heteroatoms. The number of carbonyl (C=O) groups is 1. The van der Waals surface area contributed by atoms with Gasteiger partial charge < -0.3 is 14.5 Å². The van der Waals surface area contributed by atoms with Crippen LogP contribution in [0.25, 0.3) is 0 Å². The van der Waals surface area contributed by atoms with E-state index in [-0.39, 0.29) is 11.6 Å². The number of benzene rings is 1. The van der Waals surface area contributed by atoms with Crippen LogP contribution in [-0.4, -0.2) is 33.2 Å². The predicted octanol–water partition coefficient (Wildman–Crippen LogP) is 4.87. The molecule has 1 aromatic carbocycles. The molecule has 0 spiro atoms. The molecule has 1 rings (SSSR count). The monoisotopic (exact) mass is 377 g/mol.